The van der Waals surface area contributed by atoms with Crippen LogP contribution in [0.4, 0.5) is 0 Å². The Kier molecular flexibility index (Phi) is 6.26. The van der Waals surface area contributed by atoms with Gasteiger partial charge in [-0.3, -0.25) is 4.90 Å². The molecule has 0 bridgehead atoms. The van der Waals surface area contributed by atoms with Gasteiger partial charge in [-0.2, -0.15) is 0 Å². The van der Waals surface area contributed by atoms with Gasteiger partial charge < -0.3 is 14.5 Å². The first-order chi connectivity index (χ1) is 10.3. The second-order valence-electron chi connectivity index (χ2n) is 5.45. The Bertz CT molecular complexity index is 438. The first kappa shape index (κ1) is 16.0. The van der Waals surface area contributed by atoms with Gasteiger partial charge in [0.1, 0.15) is 11.3 Å². The third-order valence-electron chi connectivity index (χ3n) is 3.89. The minimum absolute atomic E-state index is 0.292. The van der Waals surface area contributed by atoms with Gasteiger partial charge in [0.25, 0.3) is 0 Å². The number of rotatable bonds is 7. The van der Waals surface area contributed by atoms with Gasteiger partial charge in [-0.15, -0.1) is 0 Å². The molecule has 0 aromatic carbocycles. The summed E-state index contributed by atoms with van der Waals surface area (Å²) < 4.78 is 10.6. The Morgan fingerprint density at radius 1 is 1.52 bits per heavy atom. The molecule has 2 heterocycles. The number of nitrogens with one attached hydrogen (secondary N) is 1. The van der Waals surface area contributed by atoms with E-state index in [0.29, 0.717) is 30.5 Å². The number of piperidine rings is 1. The molecule has 5 heteroatoms. The van der Waals surface area contributed by atoms with Crippen LogP contribution in [0, 0.1) is 0 Å². The van der Waals surface area contributed by atoms with Gasteiger partial charge >= 0.3 is 5.97 Å². The summed E-state index contributed by atoms with van der Waals surface area (Å²) >= 11 is 0. The fourth-order valence-electron chi connectivity index (χ4n) is 2.86. The van der Waals surface area contributed by atoms with E-state index in [-0.39, 0.29) is 5.97 Å². The topological polar surface area (TPSA) is 54.7 Å². The van der Waals surface area contributed by atoms with E-state index in [4.69, 9.17) is 9.15 Å². The quantitative estimate of drug-likeness (QED) is 0.783. The third-order valence-corrected chi connectivity index (χ3v) is 3.89. The summed E-state index contributed by atoms with van der Waals surface area (Å²) in [6.45, 7) is 8.17. The van der Waals surface area contributed by atoms with E-state index in [0.717, 1.165) is 26.1 Å². The largest absolute Gasteiger partial charge is 0.467 e. The van der Waals surface area contributed by atoms with Crippen molar-refractivity contribution >= 4 is 5.97 Å². The number of carbonyl (C=O) groups is 1. The average Bonchev–Trinajstić information content (AvgIpc) is 2.96. The van der Waals surface area contributed by atoms with Crippen molar-refractivity contribution in [1.29, 1.82) is 0 Å². The average molecular weight is 294 g/mol. The van der Waals surface area contributed by atoms with Crippen molar-refractivity contribution < 1.29 is 13.9 Å². The van der Waals surface area contributed by atoms with Gasteiger partial charge in [0.05, 0.1) is 19.4 Å². The maximum atomic E-state index is 11.9. The molecule has 0 amide bonds. The monoisotopic (exact) mass is 294 g/mol. The van der Waals surface area contributed by atoms with E-state index in [1.165, 1.54) is 12.8 Å². The lowest BCUT2D eigenvalue weighted by Crippen LogP contribution is -2.46. The van der Waals surface area contributed by atoms with Crippen molar-refractivity contribution in [2.24, 2.45) is 0 Å². The molecule has 1 atom stereocenters. The smallest absolute Gasteiger partial charge is 0.341 e. The molecule has 0 saturated carbocycles. The van der Waals surface area contributed by atoms with Crippen LogP contribution in [-0.4, -0.2) is 43.2 Å². The molecular formula is C16H26N2O3. The molecule has 1 unspecified atom stereocenters. The van der Waals surface area contributed by atoms with Crippen LogP contribution in [0.1, 0.15) is 49.2 Å². The standard InChI is InChI=1S/C16H26N2O3/c1-3-9-18(13-6-5-8-17-11-13)12-15-14(7-10-21-15)16(19)20-4-2/h7,10,13,17H,3-6,8-9,11-12H2,1-2H3. The highest BCUT2D eigenvalue weighted by Crippen LogP contribution is 2.19. The van der Waals surface area contributed by atoms with E-state index < -0.39 is 0 Å². The van der Waals surface area contributed by atoms with Crippen LogP contribution in [-0.2, 0) is 11.3 Å². The Morgan fingerprint density at radius 3 is 3.05 bits per heavy atom. The fourth-order valence-corrected chi connectivity index (χ4v) is 2.86. The van der Waals surface area contributed by atoms with E-state index in [1.807, 2.05) is 6.92 Å². The van der Waals surface area contributed by atoms with Crippen LogP contribution in [0.25, 0.3) is 0 Å². The van der Waals surface area contributed by atoms with Crippen molar-refractivity contribution in [1.82, 2.24) is 10.2 Å². The van der Waals surface area contributed by atoms with Gasteiger partial charge in [0.2, 0.25) is 0 Å². The Morgan fingerprint density at radius 2 is 2.38 bits per heavy atom. The summed E-state index contributed by atoms with van der Waals surface area (Å²) in [7, 11) is 0. The second kappa shape index (κ2) is 8.20. The van der Waals surface area contributed by atoms with E-state index in [1.54, 1.807) is 12.3 Å². The van der Waals surface area contributed by atoms with Crippen molar-refractivity contribution in [2.45, 2.75) is 45.7 Å². The van der Waals surface area contributed by atoms with Gasteiger partial charge in [0.15, 0.2) is 0 Å². The molecule has 118 valence electrons. The highest BCUT2D eigenvalue weighted by atomic mass is 16.5. The minimum Gasteiger partial charge on any atom is -0.467 e. The maximum Gasteiger partial charge on any atom is 0.341 e. The molecule has 1 fully saturated rings. The lowest BCUT2D eigenvalue weighted by Gasteiger charge is -2.34. The zero-order valence-electron chi connectivity index (χ0n) is 13.1. The predicted molar refractivity (Wildman–Crippen MR) is 81.3 cm³/mol. The molecular weight excluding hydrogens is 268 g/mol. The molecule has 5 nitrogen and oxygen atoms in total. The van der Waals surface area contributed by atoms with Gasteiger partial charge in [0, 0.05) is 12.6 Å². The lowest BCUT2D eigenvalue weighted by atomic mass is 10.0. The Hall–Kier alpha value is -1.33. The van der Waals surface area contributed by atoms with Crippen molar-refractivity contribution in [2.75, 3.05) is 26.2 Å². The second-order valence-corrected chi connectivity index (χ2v) is 5.45. The molecule has 1 aromatic heterocycles. The number of hydrogen-bond donors (Lipinski definition) is 1. The Balaban J connectivity index is 2.06. The van der Waals surface area contributed by atoms with Crippen molar-refractivity contribution in [3.8, 4) is 0 Å². The van der Waals surface area contributed by atoms with Crippen molar-refractivity contribution in [3.05, 3.63) is 23.7 Å². The van der Waals surface area contributed by atoms with Crippen LogP contribution in [0.15, 0.2) is 16.7 Å². The summed E-state index contributed by atoms with van der Waals surface area (Å²) in [5, 5.41) is 3.45. The first-order valence-corrected chi connectivity index (χ1v) is 7.94. The summed E-state index contributed by atoms with van der Waals surface area (Å²) in [5.74, 6) is 0.423. The van der Waals surface area contributed by atoms with Crippen LogP contribution < -0.4 is 5.32 Å². The molecule has 0 spiro atoms. The highest BCUT2D eigenvalue weighted by molar-refractivity contribution is 5.90. The summed E-state index contributed by atoms with van der Waals surface area (Å²) in [6.07, 6.45) is 5.06. The third kappa shape index (κ3) is 4.32. The molecule has 2 rings (SSSR count). The van der Waals surface area contributed by atoms with Crippen molar-refractivity contribution in [3.63, 3.8) is 0 Å². The molecule has 1 N–H and O–H groups in total. The normalized spacial score (nSPS) is 18.9. The minimum atomic E-state index is -0.292. The fraction of sp³-hybridized carbons (Fsp3) is 0.688. The maximum absolute atomic E-state index is 11.9. The van der Waals surface area contributed by atoms with Gasteiger partial charge in [-0.1, -0.05) is 6.92 Å². The zero-order chi connectivity index (χ0) is 15.1. The molecule has 0 aliphatic carbocycles. The van der Waals surface area contributed by atoms with Gasteiger partial charge in [-0.05, 0) is 45.3 Å². The summed E-state index contributed by atoms with van der Waals surface area (Å²) in [6, 6.07) is 2.22. The molecule has 1 aliphatic rings. The van der Waals surface area contributed by atoms with Crippen LogP contribution in [0.5, 0.6) is 0 Å². The predicted octanol–water partition coefficient (Wildman–Crippen LogP) is 2.42. The molecule has 1 aromatic rings. The molecule has 0 radical (unpaired) electrons. The number of ether oxygens (including phenoxy) is 1. The van der Waals surface area contributed by atoms with E-state index in [2.05, 4.69) is 17.1 Å². The van der Waals surface area contributed by atoms with E-state index in [9.17, 15) is 4.79 Å². The molecule has 1 saturated heterocycles. The lowest BCUT2D eigenvalue weighted by molar-refractivity contribution is 0.0520. The number of furan rings is 1. The number of carbonyl (C=O) groups excluding carboxylic acids is 1. The van der Waals surface area contributed by atoms with Crippen LogP contribution >= 0.6 is 0 Å². The van der Waals surface area contributed by atoms with E-state index >= 15 is 0 Å². The molecule has 21 heavy (non-hydrogen) atoms. The van der Waals surface area contributed by atoms with Gasteiger partial charge in [-0.25, -0.2) is 4.79 Å². The van der Waals surface area contributed by atoms with Crippen LogP contribution in [0.3, 0.4) is 0 Å². The Labute approximate surface area is 126 Å². The first-order valence-electron chi connectivity index (χ1n) is 7.94. The highest BCUT2D eigenvalue weighted by Gasteiger charge is 2.24. The number of hydrogen-bond acceptors (Lipinski definition) is 5. The SMILES string of the molecule is CCCN(Cc1occc1C(=O)OCC)C1CCCNC1. The molecule has 1 aliphatic heterocycles. The van der Waals surface area contributed by atoms with Crippen LogP contribution in [0.2, 0.25) is 0 Å². The summed E-state index contributed by atoms with van der Waals surface area (Å²) in [4.78, 5) is 14.3. The summed E-state index contributed by atoms with van der Waals surface area (Å²) in [5.41, 5.74) is 0.557. The number of nitrogens with zero attached hydrogens (tertiary/aromatic N) is 1. The zero-order valence-corrected chi connectivity index (χ0v) is 13.1. The number of esters is 1.